The summed E-state index contributed by atoms with van der Waals surface area (Å²) in [6.45, 7) is 14.8. The first-order chi connectivity index (χ1) is 14.2. The fourth-order valence-corrected chi connectivity index (χ4v) is 8.55. The zero-order valence-corrected chi connectivity index (χ0v) is 20.7. The predicted molar refractivity (Wildman–Crippen MR) is 128 cm³/mol. The highest BCUT2D eigenvalue weighted by Gasteiger charge is 2.58. The molecule has 3 saturated carbocycles. The minimum Gasteiger partial charge on any atom is -0.393 e. The first-order valence-electron chi connectivity index (χ1n) is 13.2. The second-order valence-corrected chi connectivity index (χ2v) is 12.5. The molecule has 0 bridgehead atoms. The minimum absolute atomic E-state index is 0.0878. The topological polar surface area (TPSA) is 20.2 Å². The van der Waals surface area contributed by atoms with E-state index in [4.69, 9.17) is 0 Å². The lowest BCUT2D eigenvalue weighted by Crippen LogP contribution is -2.50. The largest absolute Gasteiger partial charge is 0.393 e. The molecular weight excluding hydrogens is 364 g/mol. The SMILES string of the molecule is CCC(C)(/C=C/[C@@H](C)[C@H]1CC[C@H]2[C@@H]3CC=C4C[C@@H](O)CC[C@]4(C)[C@H]3CC[C@]12C)CC. The molecule has 0 radical (unpaired) electrons. The Bertz CT molecular complexity index is 684. The second-order valence-electron chi connectivity index (χ2n) is 12.5. The molecule has 0 aliphatic heterocycles. The van der Waals surface area contributed by atoms with Crippen molar-refractivity contribution in [3.63, 3.8) is 0 Å². The van der Waals surface area contributed by atoms with E-state index in [1.54, 1.807) is 5.57 Å². The van der Waals surface area contributed by atoms with Crippen molar-refractivity contribution in [3.05, 3.63) is 23.8 Å². The third-order valence-corrected chi connectivity index (χ3v) is 11.2. The molecule has 0 heterocycles. The van der Waals surface area contributed by atoms with Gasteiger partial charge in [-0.05, 0) is 110 Å². The van der Waals surface area contributed by atoms with Gasteiger partial charge in [0.2, 0.25) is 0 Å². The van der Waals surface area contributed by atoms with Crippen LogP contribution in [-0.2, 0) is 0 Å². The number of hydrogen-bond donors (Lipinski definition) is 1. The van der Waals surface area contributed by atoms with Crippen LogP contribution < -0.4 is 0 Å². The maximum absolute atomic E-state index is 10.2. The normalized spacial score (nSPS) is 44.9. The van der Waals surface area contributed by atoms with Crippen LogP contribution in [0.2, 0.25) is 0 Å². The monoisotopic (exact) mass is 412 g/mol. The molecule has 1 heteroatoms. The lowest BCUT2D eigenvalue weighted by Gasteiger charge is -2.58. The minimum atomic E-state index is -0.0878. The van der Waals surface area contributed by atoms with E-state index in [-0.39, 0.29) is 6.10 Å². The molecule has 8 atom stereocenters. The van der Waals surface area contributed by atoms with Crippen molar-refractivity contribution < 1.29 is 5.11 Å². The van der Waals surface area contributed by atoms with Gasteiger partial charge >= 0.3 is 0 Å². The van der Waals surface area contributed by atoms with Crippen molar-refractivity contribution in [1.82, 2.24) is 0 Å². The van der Waals surface area contributed by atoms with Crippen LogP contribution in [0.5, 0.6) is 0 Å². The first kappa shape index (κ1) is 22.6. The van der Waals surface area contributed by atoms with Crippen molar-refractivity contribution in [2.45, 2.75) is 112 Å². The average Bonchev–Trinajstić information content (AvgIpc) is 3.09. The zero-order valence-electron chi connectivity index (χ0n) is 20.7. The van der Waals surface area contributed by atoms with Crippen LogP contribution in [0.1, 0.15) is 106 Å². The summed E-state index contributed by atoms with van der Waals surface area (Å²) < 4.78 is 0. The van der Waals surface area contributed by atoms with Gasteiger partial charge in [0.1, 0.15) is 0 Å². The molecule has 0 unspecified atom stereocenters. The lowest BCUT2D eigenvalue weighted by atomic mass is 9.47. The molecule has 0 amide bonds. The van der Waals surface area contributed by atoms with Gasteiger partial charge < -0.3 is 5.11 Å². The molecule has 4 aliphatic carbocycles. The van der Waals surface area contributed by atoms with Crippen LogP contribution in [0.25, 0.3) is 0 Å². The number of fused-ring (bicyclic) bond motifs is 5. The Labute approximate surface area is 186 Å². The molecule has 0 spiro atoms. The van der Waals surface area contributed by atoms with E-state index in [0.29, 0.717) is 22.2 Å². The van der Waals surface area contributed by atoms with E-state index in [9.17, 15) is 5.11 Å². The van der Waals surface area contributed by atoms with E-state index in [2.05, 4.69) is 59.8 Å². The van der Waals surface area contributed by atoms with Crippen molar-refractivity contribution in [1.29, 1.82) is 0 Å². The highest BCUT2D eigenvalue weighted by atomic mass is 16.3. The molecule has 0 saturated heterocycles. The van der Waals surface area contributed by atoms with Crippen LogP contribution in [0.15, 0.2) is 23.8 Å². The third-order valence-electron chi connectivity index (χ3n) is 11.2. The molecule has 1 N–H and O–H groups in total. The van der Waals surface area contributed by atoms with Crippen molar-refractivity contribution in [3.8, 4) is 0 Å². The van der Waals surface area contributed by atoms with Crippen LogP contribution in [0, 0.1) is 45.8 Å². The molecule has 3 fully saturated rings. The molecule has 4 rings (SSSR count). The number of allylic oxidation sites excluding steroid dienone is 3. The number of hydrogen-bond acceptors (Lipinski definition) is 1. The lowest BCUT2D eigenvalue weighted by molar-refractivity contribution is -0.0541. The summed E-state index contributed by atoms with van der Waals surface area (Å²) in [5.74, 6) is 4.19. The van der Waals surface area contributed by atoms with Crippen LogP contribution in [-0.4, -0.2) is 11.2 Å². The molecule has 170 valence electrons. The summed E-state index contributed by atoms with van der Waals surface area (Å²) in [5, 5.41) is 10.2. The Kier molecular flexibility index (Phi) is 6.10. The van der Waals surface area contributed by atoms with E-state index < -0.39 is 0 Å². The predicted octanol–water partition coefficient (Wildman–Crippen LogP) is 7.94. The summed E-state index contributed by atoms with van der Waals surface area (Å²) in [6, 6.07) is 0. The molecule has 0 aromatic rings. The Morgan fingerprint density at radius 2 is 1.83 bits per heavy atom. The fraction of sp³-hybridized carbons (Fsp3) is 0.862. The Hall–Kier alpha value is -0.560. The molecule has 4 aliphatic rings. The third kappa shape index (κ3) is 3.56. The van der Waals surface area contributed by atoms with Gasteiger partial charge in [-0.25, -0.2) is 0 Å². The Morgan fingerprint density at radius 1 is 1.10 bits per heavy atom. The van der Waals surface area contributed by atoms with Crippen LogP contribution in [0.4, 0.5) is 0 Å². The van der Waals surface area contributed by atoms with Crippen molar-refractivity contribution in [2.24, 2.45) is 45.8 Å². The van der Waals surface area contributed by atoms with Gasteiger partial charge in [-0.2, -0.15) is 0 Å². The summed E-state index contributed by atoms with van der Waals surface area (Å²) in [7, 11) is 0. The van der Waals surface area contributed by atoms with Crippen LogP contribution >= 0.6 is 0 Å². The van der Waals surface area contributed by atoms with E-state index in [0.717, 1.165) is 36.5 Å². The maximum atomic E-state index is 10.2. The van der Waals surface area contributed by atoms with Gasteiger partial charge in [-0.3, -0.25) is 0 Å². The van der Waals surface area contributed by atoms with E-state index >= 15 is 0 Å². The summed E-state index contributed by atoms with van der Waals surface area (Å²) in [4.78, 5) is 0. The van der Waals surface area contributed by atoms with Gasteiger partial charge in [-0.1, -0.05) is 65.3 Å². The molecular formula is C29H48O. The summed E-state index contributed by atoms with van der Waals surface area (Å²) in [5.41, 5.74) is 2.87. The highest BCUT2D eigenvalue weighted by molar-refractivity contribution is 5.25. The van der Waals surface area contributed by atoms with Gasteiger partial charge in [0.05, 0.1) is 6.10 Å². The van der Waals surface area contributed by atoms with E-state index in [1.807, 2.05) is 0 Å². The van der Waals surface area contributed by atoms with Crippen LogP contribution in [0.3, 0.4) is 0 Å². The number of aliphatic hydroxyl groups is 1. The van der Waals surface area contributed by atoms with Gasteiger partial charge in [0.25, 0.3) is 0 Å². The number of aliphatic hydroxyl groups excluding tert-OH is 1. The smallest absolute Gasteiger partial charge is 0.0577 e. The molecule has 1 nitrogen and oxygen atoms in total. The van der Waals surface area contributed by atoms with Crippen molar-refractivity contribution in [2.75, 3.05) is 0 Å². The fourth-order valence-electron chi connectivity index (χ4n) is 8.55. The van der Waals surface area contributed by atoms with E-state index in [1.165, 1.54) is 51.4 Å². The average molecular weight is 413 g/mol. The molecule has 0 aromatic carbocycles. The van der Waals surface area contributed by atoms with Gasteiger partial charge in [-0.15, -0.1) is 0 Å². The number of rotatable bonds is 5. The maximum Gasteiger partial charge on any atom is 0.0577 e. The Balaban J connectivity index is 1.53. The second kappa shape index (κ2) is 8.09. The standard InChI is InChI=1S/C29H48O/c1-7-27(4,8-2)16-13-20(3)24-11-12-25-23-10-9-21-19-22(30)14-17-28(21,5)26(23)15-18-29(24,25)6/h9,13,16,20,22-26,30H,7-8,10-12,14-15,17-19H2,1-6H3/b16-13+/t20-,22+,23+,24-,25+,26+,28+,29-/m1/s1. The Morgan fingerprint density at radius 3 is 2.53 bits per heavy atom. The summed E-state index contributed by atoms with van der Waals surface area (Å²) in [6.07, 6.45) is 20.3. The van der Waals surface area contributed by atoms with Gasteiger partial charge in [0.15, 0.2) is 0 Å². The van der Waals surface area contributed by atoms with Gasteiger partial charge in [0, 0.05) is 0 Å². The molecule has 0 aromatic heterocycles. The zero-order chi connectivity index (χ0) is 21.7. The molecule has 30 heavy (non-hydrogen) atoms. The summed E-state index contributed by atoms with van der Waals surface area (Å²) >= 11 is 0. The quantitative estimate of drug-likeness (QED) is 0.454. The highest BCUT2D eigenvalue weighted by Crippen LogP contribution is 2.67. The first-order valence-corrected chi connectivity index (χ1v) is 13.2. The van der Waals surface area contributed by atoms with Crippen molar-refractivity contribution >= 4 is 0 Å².